The quantitative estimate of drug-likeness (QED) is 0.411. The maximum Gasteiger partial charge on any atom is 0.162 e. The fourth-order valence-corrected chi connectivity index (χ4v) is 2.71. The number of ether oxygens (including phenoxy) is 3. The Hall–Kier alpha value is -2.30. The number of morpholine rings is 1. The number of benzene rings is 1. The number of rotatable bonds is 9. The smallest absolute Gasteiger partial charge is 0.162 e. The first-order valence-electron chi connectivity index (χ1n) is 8.86. The van der Waals surface area contributed by atoms with Crippen LogP contribution in [-0.2, 0) is 11.3 Å². The molecule has 7 heteroatoms. The van der Waals surface area contributed by atoms with Crippen LogP contribution in [0.15, 0.2) is 17.1 Å². The average Bonchev–Trinajstić information content (AvgIpc) is 2.66. The van der Waals surface area contributed by atoms with E-state index in [0.29, 0.717) is 30.2 Å². The van der Waals surface area contributed by atoms with Crippen LogP contribution in [-0.4, -0.2) is 64.9 Å². The first kappa shape index (κ1) is 20.0. The standard InChI is InChI=1S/C19H28N4O3/c1-23(2)14-22-12-16-10-18(24-3)19(9-15(16)11-20)26-7-4-5-17-13-21-6-8-25-17/h9-10,14,17,21H,4-8,12-13H2,1-3H3. The Morgan fingerprint density at radius 2 is 2.27 bits per heavy atom. The van der Waals surface area contributed by atoms with Gasteiger partial charge in [-0.2, -0.15) is 5.26 Å². The van der Waals surface area contributed by atoms with Gasteiger partial charge in [-0.05, 0) is 24.5 Å². The van der Waals surface area contributed by atoms with Gasteiger partial charge in [-0.25, -0.2) is 0 Å². The van der Waals surface area contributed by atoms with Gasteiger partial charge in [-0.3, -0.25) is 4.99 Å². The largest absolute Gasteiger partial charge is 0.493 e. The highest BCUT2D eigenvalue weighted by Crippen LogP contribution is 2.31. The number of aliphatic imine (C=N–C) groups is 1. The van der Waals surface area contributed by atoms with Gasteiger partial charge in [0.15, 0.2) is 11.5 Å². The summed E-state index contributed by atoms with van der Waals surface area (Å²) in [5, 5.41) is 12.7. The van der Waals surface area contributed by atoms with E-state index in [4.69, 9.17) is 14.2 Å². The fraction of sp³-hybridized carbons (Fsp3) is 0.579. The van der Waals surface area contributed by atoms with Crippen LogP contribution >= 0.6 is 0 Å². The molecule has 0 amide bonds. The van der Waals surface area contributed by atoms with Crippen molar-refractivity contribution in [2.24, 2.45) is 4.99 Å². The van der Waals surface area contributed by atoms with Gasteiger partial charge in [0, 0.05) is 33.3 Å². The predicted molar refractivity (Wildman–Crippen MR) is 101 cm³/mol. The lowest BCUT2D eigenvalue weighted by Gasteiger charge is -2.23. The van der Waals surface area contributed by atoms with Gasteiger partial charge in [0.2, 0.25) is 0 Å². The molecular formula is C19H28N4O3. The van der Waals surface area contributed by atoms with E-state index < -0.39 is 0 Å². The van der Waals surface area contributed by atoms with E-state index in [1.54, 1.807) is 19.5 Å². The third-order valence-corrected chi connectivity index (χ3v) is 4.02. The van der Waals surface area contributed by atoms with Crippen LogP contribution in [0.2, 0.25) is 0 Å². The molecule has 0 aliphatic carbocycles. The summed E-state index contributed by atoms with van der Waals surface area (Å²) in [4.78, 5) is 6.17. The number of nitrogens with one attached hydrogen (secondary N) is 1. The van der Waals surface area contributed by atoms with Crippen molar-refractivity contribution >= 4 is 6.34 Å². The summed E-state index contributed by atoms with van der Waals surface area (Å²) in [5.41, 5.74) is 1.37. The number of hydrogen-bond acceptors (Lipinski definition) is 6. The summed E-state index contributed by atoms with van der Waals surface area (Å²) in [6.45, 7) is 3.56. The number of hydrogen-bond donors (Lipinski definition) is 1. The highest BCUT2D eigenvalue weighted by Gasteiger charge is 2.14. The van der Waals surface area contributed by atoms with E-state index in [2.05, 4.69) is 16.4 Å². The fourth-order valence-electron chi connectivity index (χ4n) is 2.71. The van der Waals surface area contributed by atoms with Crippen molar-refractivity contribution in [3.05, 3.63) is 23.3 Å². The van der Waals surface area contributed by atoms with Crippen molar-refractivity contribution in [2.75, 3.05) is 47.5 Å². The molecule has 1 aliphatic rings. The second-order valence-electron chi connectivity index (χ2n) is 6.38. The van der Waals surface area contributed by atoms with E-state index in [0.717, 1.165) is 38.1 Å². The van der Waals surface area contributed by atoms with Gasteiger partial charge in [-0.1, -0.05) is 0 Å². The molecule has 1 fully saturated rings. The molecule has 1 aromatic carbocycles. The van der Waals surface area contributed by atoms with E-state index in [1.807, 2.05) is 25.1 Å². The summed E-state index contributed by atoms with van der Waals surface area (Å²) < 4.78 is 17.0. The molecule has 1 atom stereocenters. The van der Waals surface area contributed by atoms with Gasteiger partial charge in [-0.15, -0.1) is 0 Å². The van der Waals surface area contributed by atoms with Gasteiger partial charge >= 0.3 is 0 Å². The number of nitriles is 1. The Kier molecular flexibility index (Phi) is 8.19. The van der Waals surface area contributed by atoms with Gasteiger partial charge in [0.25, 0.3) is 0 Å². The van der Waals surface area contributed by atoms with Crippen LogP contribution in [0.1, 0.15) is 24.0 Å². The zero-order chi connectivity index (χ0) is 18.8. The summed E-state index contributed by atoms with van der Waals surface area (Å²) in [5.74, 6) is 1.21. The lowest BCUT2D eigenvalue weighted by Crippen LogP contribution is -2.38. The molecule has 0 radical (unpaired) electrons. The lowest BCUT2D eigenvalue weighted by atomic mass is 10.1. The Morgan fingerprint density at radius 3 is 2.92 bits per heavy atom. The highest BCUT2D eigenvalue weighted by molar-refractivity contribution is 5.55. The van der Waals surface area contributed by atoms with E-state index in [1.165, 1.54) is 0 Å². The maximum absolute atomic E-state index is 9.42. The zero-order valence-corrected chi connectivity index (χ0v) is 15.8. The van der Waals surface area contributed by atoms with Gasteiger partial charge < -0.3 is 24.4 Å². The SMILES string of the molecule is COc1cc(CN=CN(C)C)c(C#N)cc1OCCCC1CNCCO1. The second-order valence-corrected chi connectivity index (χ2v) is 6.38. The molecule has 1 saturated heterocycles. The predicted octanol–water partition coefficient (Wildman–Crippen LogP) is 1.80. The summed E-state index contributed by atoms with van der Waals surface area (Å²) in [6.07, 6.45) is 3.80. The van der Waals surface area contributed by atoms with Crippen molar-refractivity contribution in [1.29, 1.82) is 5.26 Å². The number of methoxy groups -OCH3 is 1. The van der Waals surface area contributed by atoms with Crippen LogP contribution in [0.4, 0.5) is 0 Å². The summed E-state index contributed by atoms with van der Waals surface area (Å²) in [6, 6.07) is 5.78. The molecule has 7 nitrogen and oxygen atoms in total. The molecule has 1 heterocycles. The first-order valence-corrected chi connectivity index (χ1v) is 8.86. The van der Waals surface area contributed by atoms with Crippen molar-refractivity contribution in [3.8, 4) is 17.6 Å². The molecule has 1 N–H and O–H groups in total. The molecule has 0 bridgehead atoms. The molecule has 1 unspecified atom stereocenters. The topological polar surface area (TPSA) is 79.1 Å². The van der Waals surface area contributed by atoms with E-state index in [9.17, 15) is 5.26 Å². The van der Waals surface area contributed by atoms with Crippen molar-refractivity contribution < 1.29 is 14.2 Å². The molecule has 2 rings (SSSR count). The second kappa shape index (κ2) is 10.6. The van der Waals surface area contributed by atoms with Crippen LogP contribution in [0, 0.1) is 11.3 Å². The van der Waals surface area contributed by atoms with Gasteiger partial charge in [0.05, 0.1) is 50.9 Å². The van der Waals surface area contributed by atoms with Crippen LogP contribution < -0.4 is 14.8 Å². The zero-order valence-electron chi connectivity index (χ0n) is 15.8. The Morgan fingerprint density at radius 1 is 1.42 bits per heavy atom. The minimum atomic E-state index is 0.251. The van der Waals surface area contributed by atoms with Crippen LogP contribution in [0.3, 0.4) is 0 Å². The van der Waals surface area contributed by atoms with Crippen molar-refractivity contribution in [3.63, 3.8) is 0 Å². The van der Waals surface area contributed by atoms with E-state index >= 15 is 0 Å². The molecule has 142 valence electrons. The average molecular weight is 360 g/mol. The number of nitrogens with zero attached hydrogens (tertiary/aromatic N) is 3. The Bertz CT molecular complexity index is 634. The molecule has 1 aliphatic heterocycles. The molecule has 0 aromatic heterocycles. The lowest BCUT2D eigenvalue weighted by molar-refractivity contribution is 0.0203. The van der Waals surface area contributed by atoms with Crippen molar-refractivity contribution in [2.45, 2.75) is 25.5 Å². The van der Waals surface area contributed by atoms with Gasteiger partial charge in [0.1, 0.15) is 0 Å². The molecular weight excluding hydrogens is 332 g/mol. The van der Waals surface area contributed by atoms with Crippen molar-refractivity contribution in [1.82, 2.24) is 10.2 Å². The molecule has 26 heavy (non-hydrogen) atoms. The highest BCUT2D eigenvalue weighted by atomic mass is 16.5. The monoisotopic (exact) mass is 360 g/mol. The summed E-state index contributed by atoms with van der Waals surface area (Å²) >= 11 is 0. The minimum absolute atomic E-state index is 0.251. The molecule has 1 aromatic rings. The normalized spacial score (nSPS) is 17.1. The summed E-state index contributed by atoms with van der Waals surface area (Å²) in [7, 11) is 5.41. The minimum Gasteiger partial charge on any atom is -0.493 e. The Labute approximate surface area is 155 Å². The Balaban J connectivity index is 1.95. The first-order chi connectivity index (χ1) is 12.6. The van der Waals surface area contributed by atoms with Crippen LogP contribution in [0.25, 0.3) is 0 Å². The van der Waals surface area contributed by atoms with Crippen LogP contribution in [0.5, 0.6) is 11.5 Å². The molecule has 0 spiro atoms. The third-order valence-electron chi connectivity index (χ3n) is 4.02. The molecule has 0 saturated carbocycles. The maximum atomic E-state index is 9.42. The van der Waals surface area contributed by atoms with E-state index in [-0.39, 0.29) is 6.10 Å². The third kappa shape index (κ3) is 6.21.